The molecule has 0 N–H and O–H groups in total. The number of likely N-dealkylation sites (tertiary alicyclic amines) is 1. The van der Waals surface area contributed by atoms with Gasteiger partial charge in [-0.15, -0.1) is 0 Å². The number of fused-ring (bicyclic) bond motifs is 1. The number of methoxy groups -OCH3 is 1. The molecule has 2 aromatic heterocycles. The Labute approximate surface area is 198 Å². The maximum atomic E-state index is 14.4. The smallest absolute Gasteiger partial charge is 0.128 e. The van der Waals surface area contributed by atoms with E-state index in [2.05, 4.69) is 19.9 Å². The average molecular weight is 461 g/mol. The van der Waals surface area contributed by atoms with E-state index in [1.165, 1.54) is 18.9 Å². The molecule has 1 aliphatic rings. The summed E-state index contributed by atoms with van der Waals surface area (Å²) in [5, 5.41) is 4.24. The molecule has 1 saturated heterocycles. The third kappa shape index (κ3) is 4.87. The molecule has 0 amide bonds. The number of halogens is 1. The highest BCUT2D eigenvalue weighted by molar-refractivity contribution is 5.82. The van der Waals surface area contributed by atoms with Crippen LogP contribution in [0, 0.1) is 5.82 Å². The number of aryl methyl sites for hydroxylation is 1. The molecule has 0 aliphatic carbocycles. The Bertz CT molecular complexity index is 1280. The first kappa shape index (κ1) is 22.3. The molecule has 0 spiro atoms. The minimum absolute atomic E-state index is 0.321. The first-order valence-electron chi connectivity index (χ1n) is 11.7. The lowest BCUT2D eigenvalue weighted by Crippen LogP contribution is -2.26. The summed E-state index contributed by atoms with van der Waals surface area (Å²) in [7, 11) is 3.44. The highest BCUT2D eigenvalue weighted by atomic mass is 19.1. The number of nitrogens with zero attached hydrogens (tertiary/aromatic N) is 6. The van der Waals surface area contributed by atoms with Crippen LogP contribution in [0.3, 0.4) is 0 Å². The summed E-state index contributed by atoms with van der Waals surface area (Å²) in [5.74, 6) is 0.178. The highest BCUT2D eigenvalue weighted by Crippen LogP contribution is 2.32. The summed E-state index contributed by atoms with van der Waals surface area (Å²) in [6, 6.07) is 10.8. The van der Waals surface area contributed by atoms with Crippen molar-refractivity contribution in [3.63, 3.8) is 0 Å². The molecule has 0 bridgehead atoms. The van der Waals surface area contributed by atoms with Crippen LogP contribution in [0.2, 0.25) is 0 Å². The topological polar surface area (TPSA) is 59.3 Å². The summed E-state index contributed by atoms with van der Waals surface area (Å²) < 4.78 is 21.5. The lowest BCUT2D eigenvalue weighted by Gasteiger charge is -2.27. The van der Waals surface area contributed by atoms with E-state index >= 15 is 0 Å². The second-order valence-corrected chi connectivity index (χ2v) is 8.73. The number of benzene rings is 2. The molecule has 34 heavy (non-hydrogen) atoms. The predicted molar refractivity (Wildman–Crippen MR) is 132 cm³/mol. The van der Waals surface area contributed by atoms with Gasteiger partial charge in [-0.25, -0.2) is 9.37 Å². The van der Waals surface area contributed by atoms with E-state index in [1.807, 2.05) is 37.5 Å². The quantitative estimate of drug-likeness (QED) is 0.376. The fraction of sp³-hybridized carbons (Fsp3) is 0.346. The molecule has 1 fully saturated rings. The molecule has 0 unspecified atom stereocenters. The zero-order valence-corrected chi connectivity index (χ0v) is 19.6. The number of aromatic nitrogens is 4. The van der Waals surface area contributed by atoms with Crippen LogP contribution in [0.15, 0.2) is 55.0 Å². The lowest BCUT2D eigenvalue weighted by molar-refractivity contribution is 0.336. The number of hydrogen-bond acceptors (Lipinski definition) is 6. The second kappa shape index (κ2) is 9.77. The van der Waals surface area contributed by atoms with Gasteiger partial charge in [0.05, 0.1) is 36.2 Å². The van der Waals surface area contributed by atoms with E-state index in [0.717, 1.165) is 66.3 Å². The largest absolute Gasteiger partial charge is 0.497 e. The summed E-state index contributed by atoms with van der Waals surface area (Å²) in [6.07, 6.45) is 8.98. The minimum Gasteiger partial charge on any atom is -0.497 e. The third-order valence-corrected chi connectivity index (χ3v) is 6.30. The lowest BCUT2D eigenvalue weighted by atomic mass is 10.1. The van der Waals surface area contributed by atoms with E-state index in [-0.39, 0.29) is 5.82 Å². The summed E-state index contributed by atoms with van der Waals surface area (Å²) in [6.45, 7) is 4.11. The molecule has 4 aromatic rings. The van der Waals surface area contributed by atoms with Gasteiger partial charge in [-0.05, 0) is 63.2 Å². The molecule has 3 heterocycles. The molecule has 0 atom stereocenters. The Morgan fingerprint density at radius 3 is 2.65 bits per heavy atom. The van der Waals surface area contributed by atoms with Crippen LogP contribution in [-0.4, -0.2) is 57.9 Å². The standard InChI is InChI=1S/C26H29FN6O/c1-31-18-19(16-29-31)26-17-28-24-7-6-21(15-25(24)30-26)33(11-5-10-32-8-3-4-9-32)22-12-20(27)13-23(14-22)34-2/h6-7,12-18H,3-5,8-11H2,1-2H3. The van der Waals surface area contributed by atoms with Crippen molar-refractivity contribution < 1.29 is 9.13 Å². The van der Waals surface area contributed by atoms with Gasteiger partial charge in [0.1, 0.15) is 11.6 Å². The third-order valence-electron chi connectivity index (χ3n) is 6.30. The van der Waals surface area contributed by atoms with Crippen LogP contribution in [0.25, 0.3) is 22.3 Å². The van der Waals surface area contributed by atoms with Crippen molar-refractivity contribution in [1.29, 1.82) is 0 Å². The molecule has 0 radical (unpaired) electrons. The monoisotopic (exact) mass is 460 g/mol. The van der Waals surface area contributed by atoms with Gasteiger partial charge in [-0.2, -0.15) is 5.10 Å². The van der Waals surface area contributed by atoms with Gasteiger partial charge in [-0.1, -0.05) is 0 Å². The van der Waals surface area contributed by atoms with E-state index in [9.17, 15) is 4.39 Å². The number of anilines is 2. The highest BCUT2D eigenvalue weighted by Gasteiger charge is 2.16. The summed E-state index contributed by atoms with van der Waals surface area (Å²) >= 11 is 0. The van der Waals surface area contributed by atoms with E-state index in [0.29, 0.717) is 5.75 Å². The zero-order chi connectivity index (χ0) is 23.5. The Morgan fingerprint density at radius 2 is 1.88 bits per heavy atom. The maximum absolute atomic E-state index is 14.4. The fourth-order valence-corrected chi connectivity index (χ4v) is 4.55. The van der Waals surface area contributed by atoms with Crippen LogP contribution in [0.4, 0.5) is 15.8 Å². The van der Waals surface area contributed by atoms with Crippen LogP contribution in [-0.2, 0) is 7.05 Å². The molecule has 1 aliphatic heterocycles. The molecular weight excluding hydrogens is 431 g/mol. The molecule has 8 heteroatoms. The molecular formula is C26H29FN6O. The molecule has 7 nitrogen and oxygen atoms in total. The number of ether oxygens (including phenoxy) is 1. The molecule has 176 valence electrons. The van der Waals surface area contributed by atoms with Gasteiger partial charge in [-0.3, -0.25) is 9.67 Å². The Morgan fingerprint density at radius 1 is 1.03 bits per heavy atom. The SMILES string of the molecule is COc1cc(F)cc(N(CCCN2CCCC2)c2ccc3ncc(-c4cnn(C)c4)nc3c2)c1. The Balaban J connectivity index is 1.49. The fourth-order valence-electron chi connectivity index (χ4n) is 4.55. The van der Waals surface area contributed by atoms with Crippen LogP contribution in [0.1, 0.15) is 19.3 Å². The van der Waals surface area contributed by atoms with Crippen LogP contribution in [0.5, 0.6) is 5.75 Å². The van der Waals surface area contributed by atoms with Crippen molar-refractivity contribution in [2.45, 2.75) is 19.3 Å². The van der Waals surface area contributed by atoms with Crippen molar-refractivity contribution >= 4 is 22.4 Å². The summed E-state index contributed by atoms with van der Waals surface area (Å²) in [4.78, 5) is 14.1. The molecule has 5 rings (SSSR count). The van der Waals surface area contributed by atoms with Crippen LogP contribution >= 0.6 is 0 Å². The number of rotatable bonds is 8. The van der Waals surface area contributed by atoms with Gasteiger partial charge in [0, 0.05) is 48.9 Å². The number of hydrogen-bond donors (Lipinski definition) is 0. The van der Waals surface area contributed by atoms with Crippen molar-refractivity contribution in [3.8, 4) is 17.0 Å². The van der Waals surface area contributed by atoms with E-state index in [4.69, 9.17) is 9.72 Å². The van der Waals surface area contributed by atoms with Gasteiger partial charge < -0.3 is 14.5 Å². The van der Waals surface area contributed by atoms with E-state index < -0.39 is 0 Å². The summed E-state index contributed by atoms with van der Waals surface area (Å²) in [5.41, 5.74) is 4.98. The van der Waals surface area contributed by atoms with Crippen molar-refractivity contribution in [2.24, 2.45) is 7.05 Å². The van der Waals surface area contributed by atoms with Crippen molar-refractivity contribution in [2.75, 3.05) is 38.2 Å². The van der Waals surface area contributed by atoms with Gasteiger partial charge in [0.25, 0.3) is 0 Å². The average Bonchev–Trinajstić information content (AvgIpc) is 3.52. The molecule has 0 saturated carbocycles. The maximum Gasteiger partial charge on any atom is 0.128 e. The van der Waals surface area contributed by atoms with Gasteiger partial charge in [0.2, 0.25) is 0 Å². The minimum atomic E-state index is -0.321. The Kier molecular flexibility index (Phi) is 6.40. The van der Waals surface area contributed by atoms with Crippen molar-refractivity contribution in [1.82, 2.24) is 24.6 Å². The molecule has 2 aromatic carbocycles. The Hall–Kier alpha value is -3.52. The first-order chi connectivity index (χ1) is 16.6. The van der Waals surface area contributed by atoms with Gasteiger partial charge >= 0.3 is 0 Å². The van der Waals surface area contributed by atoms with Crippen LogP contribution < -0.4 is 9.64 Å². The normalized spacial score (nSPS) is 14.1. The zero-order valence-electron chi connectivity index (χ0n) is 19.6. The second-order valence-electron chi connectivity index (χ2n) is 8.73. The first-order valence-corrected chi connectivity index (χ1v) is 11.7. The predicted octanol–water partition coefficient (Wildman–Crippen LogP) is 4.80. The van der Waals surface area contributed by atoms with Crippen molar-refractivity contribution in [3.05, 3.63) is 60.8 Å². The van der Waals surface area contributed by atoms with E-state index in [1.54, 1.807) is 30.3 Å². The van der Waals surface area contributed by atoms with Gasteiger partial charge in [0.15, 0.2) is 0 Å².